The number of nitrogens with zero attached hydrogens (tertiary/aromatic N) is 2. The molecule has 1 heterocycles. The fraction of sp³-hybridized carbons (Fsp3) is 0.250. The summed E-state index contributed by atoms with van der Waals surface area (Å²) < 4.78 is 52.1. The number of hydrogen-bond donors (Lipinski definition) is 1. The van der Waals surface area contributed by atoms with Crippen LogP contribution in [0.2, 0.25) is 0 Å². The number of rotatable bonds is 3. The maximum atomic E-state index is 13.8. The lowest BCUT2D eigenvalue weighted by atomic mass is 9.87. The summed E-state index contributed by atoms with van der Waals surface area (Å²) in [6.45, 7) is 0.135. The fourth-order valence-electron chi connectivity index (χ4n) is 3.36. The molecule has 2 atom stereocenters. The molecule has 2 aromatic rings. The maximum absolute atomic E-state index is 13.8. The molecule has 0 bridgehead atoms. The third-order valence-electron chi connectivity index (χ3n) is 4.85. The first kappa shape index (κ1) is 20.3. The zero-order valence-electron chi connectivity index (χ0n) is 15.1. The fourth-order valence-corrected chi connectivity index (χ4v) is 3.36. The topological polar surface area (TPSA) is 73.2 Å². The van der Waals surface area contributed by atoms with Gasteiger partial charge in [-0.05, 0) is 29.8 Å². The van der Waals surface area contributed by atoms with Crippen LogP contribution < -0.4 is 5.32 Å². The second-order valence-corrected chi connectivity index (χ2v) is 6.69. The maximum Gasteiger partial charge on any atom is 0.416 e. The van der Waals surface area contributed by atoms with Gasteiger partial charge in [-0.1, -0.05) is 18.2 Å². The molecule has 0 aromatic heterocycles. The number of carbonyl (C=O) groups is 2. The number of hydrogen-bond acceptors (Lipinski definition) is 3. The van der Waals surface area contributed by atoms with E-state index in [1.54, 1.807) is 6.07 Å². The van der Waals surface area contributed by atoms with Gasteiger partial charge in [0.2, 0.25) is 11.8 Å². The molecule has 1 saturated heterocycles. The van der Waals surface area contributed by atoms with Gasteiger partial charge in [-0.3, -0.25) is 9.59 Å². The van der Waals surface area contributed by atoms with Gasteiger partial charge >= 0.3 is 6.18 Å². The summed E-state index contributed by atoms with van der Waals surface area (Å²) in [6, 6.07) is 9.62. The minimum atomic E-state index is -4.50. The number of likely N-dealkylation sites (tertiary alicyclic amines) is 1. The first-order valence-electron chi connectivity index (χ1n) is 8.55. The molecule has 1 fully saturated rings. The van der Waals surface area contributed by atoms with Gasteiger partial charge in [-0.25, -0.2) is 4.39 Å². The second kappa shape index (κ2) is 7.54. The predicted octanol–water partition coefficient (Wildman–Crippen LogP) is 3.53. The molecule has 1 N–H and O–H groups in total. The van der Waals surface area contributed by atoms with Gasteiger partial charge in [0.25, 0.3) is 0 Å². The molecule has 1 aliphatic rings. The SMILES string of the molecule is CN1C[C@H](c2ccc(C(F)(F)F)cc2)[C@@H](C(=O)Nc2cccc(F)c2C#N)C1=O. The van der Waals surface area contributed by atoms with Gasteiger partial charge in [-0.2, -0.15) is 18.4 Å². The molecule has 0 aliphatic carbocycles. The second-order valence-electron chi connectivity index (χ2n) is 6.69. The first-order valence-corrected chi connectivity index (χ1v) is 8.55. The number of nitrogens with one attached hydrogen (secondary N) is 1. The van der Waals surface area contributed by atoms with Crippen LogP contribution in [0, 0.1) is 23.1 Å². The smallest absolute Gasteiger partial charge is 0.344 e. The Hall–Kier alpha value is -3.41. The highest BCUT2D eigenvalue weighted by Crippen LogP contribution is 2.36. The molecule has 2 amide bonds. The van der Waals surface area contributed by atoms with E-state index in [1.807, 2.05) is 0 Å². The van der Waals surface area contributed by atoms with Crippen LogP contribution in [0.25, 0.3) is 0 Å². The van der Waals surface area contributed by atoms with Crippen LogP contribution in [-0.2, 0) is 15.8 Å². The van der Waals surface area contributed by atoms with E-state index in [1.165, 1.54) is 36.2 Å². The van der Waals surface area contributed by atoms with E-state index in [9.17, 15) is 27.2 Å². The lowest BCUT2D eigenvalue weighted by molar-refractivity contribution is -0.138. The van der Waals surface area contributed by atoms with Crippen molar-refractivity contribution in [1.29, 1.82) is 5.26 Å². The lowest BCUT2D eigenvalue weighted by Crippen LogP contribution is -2.33. The number of anilines is 1. The standard InChI is InChI=1S/C20H15F4N3O2/c1-27-10-14(11-5-7-12(8-6-11)20(22,23)24)17(19(27)29)18(28)26-16-4-2-3-15(21)13(16)9-25/h2-8,14,17H,10H2,1H3,(H,26,28)/t14-,17+/m1/s1. The zero-order valence-corrected chi connectivity index (χ0v) is 15.1. The molecule has 3 rings (SSSR count). The average Bonchev–Trinajstić information content (AvgIpc) is 2.96. The van der Waals surface area contributed by atoms with E-state index in [4.69, 9.17) is 5.26 Å². The van der Waals surface area contributed by atoms with Crippen molar-refractivity contribution >= 4 is 17.5 Å². The van der Waals surface area contributed by atoms with Crippen molar-refractivity contribution in [2.45, 2.75) is 12.1 Å². The van der Waals surface area contributed by atoms with Crippen molar-refractivity contribution < 1.29 is 27.2 Å². The lowest BCUT2D eigenvalue weighted by Gasteiger charge is -2.18. The monoisotopic (exact) mass is 405 g/mol. The van der Waals surface area contributed by atoms with Crippen molar-refractivity contribution in [2.24, 2.45) is 5.92 Å². The summed E-state index contributed by atoms with van der Waals surface area (Å²) in [6.07, 6.45) is -4.50. The van der Waals surface area contributed by atoms with E-state index < -0.39 is 41.2 Å². The van der Waals surface area contributed by atoms with Crippen LogP contribution in [-0.4, -0.2) is 30.3 Å². The Kier molecular flexibility index (Phi) is 5.29. The van der Waals surface area contributed by atoms with Gasteiger partial charge in [0.15, 0.2) is 0 Å². The molecule has 150 valence electrons. The summed E-state index contributed by atoms with van der Waals surface area (Å²) in [5.74, 6) is -3.99. The van der Waals surface area contributed by atoms with Crippen LogP contribution >= 0.6 is 0 Å². The average molecular weight is 405 g/mol. The quantitative estimate of drug-likeness (QED) is 0.627. The summed E-state index contributed by atoms with van der Waals surface area (Å²) in [5, 5.41) is 11.5. The van der Waals surface area contributed by atoms with Crippen LogP contribution in [0.3, 0.4) is 0 Å². The molecule has 2 aromatic carbocycles. The molecule has 5 nitrogen and oxygen atoms in total. The summed E-state index contributed by atoms with van der Waals surface area (Å²) in [5.41, 5.74) is -0.884. The number of alkyl halides is 3. The number of benzene rings is 2. The van der Waals surface area contributed by atoms with Gasteiger partial charge in [0, 0.05) is 19.5 Å². The van der Waals surface area contributed by atoms with Crippen LogP contribution in [0.1, 0.15) is 22.6 Å². The largest absolute Gasteiger partial charge is 0.416 e. The van der Waals surface area contributed by atoms with E-state index in [0.29, 0.717) is 5.56 Å². The van der Waals surface area contributed by atoms with Crippen molar-refractivity contribution in [3.63, 3.8) is 0 Å². The van der Waals surface area contributed by atoms with Gasteiger partial charge < -0.3 is 10.2 Å². The minimum Gasteiger partial charge on any atom is -0.344 e. The molecule has 0 spiro atoms. The predicted molar refractivity (Wildman–Crippen MR) is 95.1 cm³/mol. The molecule has 9 heteroatoms. The third kappa shape index (κ3) is 3.92. The van der Waals surface area contributed by atoms with Crippen LogP contribution in [0.5, 0.6) is 0 Å². The van der Waals surface area contributed by atoms with Crippen molar-refractivity contribution in [2.75, 3.05) is 18.9 Å². The number of amides is 2. The van der Waals surface area contributed by atoms with E-state index in [-0.39, 0.29) is 17.8 Å². The Morgan fingerprint density at radius 3 is 2.45 bits per heavy atom. The van der Waals surface area contributed by atoms with Crippen molar-refractivity contribution in [3.05, 3.63) is 65.0 Å². The van der Waals surface area contributed by atoms with Gasteiger partial charge in [-0.15, -0.1) is 0 Å². The van der Waals surface area contributed by atoms with Crippen molar-refractivity contribution in [1.82, 2.24) is 4.90 Å². The Bertz CT molecular complexity index is 996. The van der Waals surface area contributed by atoms with E-state index >= 15 is 0 Å². The number of carbonyl (C=O) groups excluding carboxylic acids is 2. The molecule has 29 heavy (non-hydrogen) atoms. The zero-order chi connectivity index (χ0) is 21.3. The van der Waals surface area contributed by atoms with Crippen LogP contribution in [0.4, 0.5) is 23.2 Å². The molecule has 0 unspecified atom stereocenters. The Labute approximate surface area is 163 Å². The van der Waals surface area contributed by atoms with Gasteiger partial charge in [0.05, 0.1) is 11.3 Å². The summed E-state index contributed by atoms with van der Waals surface area (Å²) >= 11 is 0. The highest BCUT2D eigenvalue weighted by Gasteiger charge is 2.44. The number of nitriles is 1. The van der Waals surface area contributed by atoms with Gasteiger partial charge in [0.1, 0.15) is 23.4 Å². The molecular formula is C20H15F4N3O2. The Morgan fingerprint density at radius 2 is 1.86 bits per heavy atom. The molecule has 0 saturated carbocycles. The normalized spacial score (nSPS) is 19.2. The van der Waals surface area contributed by atoms with Crippen LogP contribution in [0.15, 0.2) is 42.5 Å². The summed E-state index contributed by atoms with van der Waals surface area (Å²) in [7, 11) is 1.48. The first-order chi connectivity index (χ1) is 13.6. The van der Waals surface area contributed by atoms with Crippen molar-refractivity contribution in [3.8, 4) is 6.07 Å². The molecule has 1 aliphatic heterocycles. The minimum absolute atomic E-state index is 0.0778. The van der Waals surface area contributed by atoms with E-state index in [0.717, 1.165) is 18.2 Å². The number of likely N-dealkylation sites (N-methyl/N-ethyl adjacent to an activating group) is 1. The summed E-state index contributed by atoms with van der Waals surface area (Å²) in [4.78, 5) is 26.6. The highest BCUT2D eigenvalue weighted by atomic mass is 19.4. The Morgan fingerprint density at radius 1 is 1.21 bits per heavy atom. The Balaban J connectivity index is 1.90. The molecular weight excluding hydrogens is 390 g/mol. The third-order valence-corrected chi connectivity index (χ3v) is 4.85. The molecule has 0 radical (unpaired) electrons. The van der Waals surface area contributed by atoms with E-state index in [2.05, 4.69) is 5.32 Å². The number of halogens is 4. The highest BCUT2D eigenvalue weighted by molar-refractivity contribution is 6.08.